The lowest BCUT2D eigenvalue weighted by Crippen LogP contribution is -2.10. The van der Waals surface area contributed by atoms with Crippen LogP contribution < -0.4 is 15.8 Å². The first-order chi connectivity index (χ1) is 9.11. The van der Waals surface area contributed by atoms with Gasteiger partial charge < -0.3 is 15.8 Å². The van der Waals surface area contributed by atoms with E-state index in [0.29, 0.717) is 22.9 Å². The van der Waals surface area contributed by atoms with Crippen molar-refractivity contribution in [3.8, 4) is 5.88 Å². The van der Waals surface area contributed by atoms with Crippen LogP contribution in [0, 0.1) is 5.82 Å². The summed E-state index contributed by atoms with van der Waals surface area (Å²) in [6.45, 7) is 1.86. The molecule has 0 aliphatic rings. The fourth-order valence-corrected chi connectivity index (χ4v) is 1.82. The molecule has 3 N–H and O–H groups in total. The number of aromatic nitrogens is 1. The van der Waals surface area contributed by atoms with Crippen molar-refractivity contribution in [1.29, 1.82) is 0 Å². The van der Waals surface area contributed by atoms with Gasteiger partial charge in [-0.05, 0) is 25.1 Å². The van der Waals surface area contributed by atoms with Gasteiger partial charge in [-0.1, -0.05) is 18.2 Å². The Kier molecular flexibility index (Phi) is 3.85. The highest BCUT2D eigenvalue weighted by atomic mass is 19.1. The summed E-state index contributed by atoms with van der Waals surface area (Å²) < 4.78 is 18.7. The number of nitrogen functional groups attached to an aromatic ring is 1. The van der Waals surface area contributed by atoms with Crippen LogP contribution in [0.3, 0.4) is 0 Å². The monoisotopic (exact) mass is 261 g/mol. The summed E-state index contributed by atoms with van der Waals surface area (Å²) >= 11 is 0. The third-order valence-corrected chi connectivity index (χ3v) is 2.82. The highest BCUT2D eigenvalue weighted by Gasteiger charge is 2.11. The third kappa shape index (κ3) is 2.93. The number of hydrogen-bond acceptors (Lipinski definition) is 4. The first-order valence-corrected chi connectivity index (χ1v) is 5.93. The number of anilines is 2. The van der Waals surface area contributed by atoms with Gasteiger partial charge in [-0.25, -0.2) is 4.39 Å². The van der Waals surface area contributed by atoms with E-state index in [2.05, 4.69) is 10.3 Å². The van der Waals surface area contributed by atoms with Gasteiger partial charge in [0.2, 0.25) is 5.88 Å². The van der Waals surface area contributed by atoms with Crippen LogP contribution in [0.4, 0.5) is 15.9 Å². The van der Waals surface area contributed by atoms with E-state index in [9.17, 15) is 4.39 Å². The highest BCUT2D eigenvalue weighted by molar-refractivity contribution is 5.54. The predicted molar refractivity (Wildman–Crippen MR) is 73.6 cm³/mol. The van der Waals surface area contributed by atoms with Crippen molar-refractivity contribution >= 4 is 11.5 Å². The standard InChI is InChI=1S/C14H16FN3O/c1-9(10-5-3-4-6-11(10)15)17-13-8-7-12(16)14(18-13)19-2/h3-9H,16H2,1-2H3,(H,17,18). The molecule has 0 radical (unpaired) electrons. The molecule has 0 spiro atoms. The van der Waals surface area contributed by atoms with Gasteiger partial charge in [0.1, 0.15) is 11.6 Å². The molecule has 100 valence electrons. The highest BCUT2D eigenvalue weighted by Crippen LogP contribution is 2.24. The molecule has 4 nitrogen and oxygen atoms in total. The molecule has 0 amide bonds. The van der Waals surface area contributed by atoms with Gasteiger partial charge in [0.05, 0.1) is 18.8 Å². The van der Waals surface area contributed by atoms with Gasteiger partial charge in [-0.3, -0.25) is 0 Å². The normalized spacial score (nSPS) is 11.9. The minimum Gasteiger partial charge on any atom is -0.479 e. The number of halogens is 1. The lowest BCUT2D eigenvalue weighted by molar-refractivity contribution is 0.400. The van der Waals surface area contributed by atoms with Gasteiger partial charge in [0, 0.05) is 5.56 Å². The quantitative estimate of drug-likeness (QED) is 0.888. The Morgan fingerprint density at radius 3 is 2.68 bits per heavy atom. The lowest BCUT2D eigenvalue weighted by atomic mass is 10.1. The molecule has 0 saturated carbocycles. The van der Waals surface area contributed by atoms with Crippen molar-refractivity contribution in [1.82, 2.24) is 4.98 Å². The third-order valence-electron chi connectivity index (χ3n) is 2.82. The van der Waals surface area contributed by atoms with E-state index in [-0.39, 0.29) is 11.9 Å². The largest absolute Gasteiger partial charge is 0.479 e. The summed E-state index contributed by atoms with van der Waals surface area (Å²) in [4.78, 5) is 4.21. The minimum absolute atomic E-state index is 0.206. The van der Waals surface area contributed by atoms with Crippen LogP contribution in [0.5, 0.6) is 5.88 Å². The van der Waals surface area contributed by atoms with Crippen molar-refractivity contribution in [2.75, 3.05) is 18.2 Å². The number of nitrogens with zero attached hydrogens (tertiary/aromatic N) is 1. The number of nitrogens with two attached hydrogens (primary N) is 1. The first-order valence-electron chi connectivity index (χ1n) is 5.93. The average molecular weight is 261 g/mol. The Labute approximate surface area is 111 Å². The second kappa shape index (κ2) is 5.56. The molecular weight excluding hydrogens is 245 g/mol. The summed E-state index contributed by atoms with van der Waals surface area (Å²) in [6, 6.07) is 9.86. The molecule has 1 aromatic carbocycles. The summed E-state index contributed by atoms with van der Waals surface area (Å²) in [5.41, 5.74) is 6.74. The van der Waals surface area contributed by atoms with E-state index in [1.54, 1.807) is 30.3 Å². The van der Waals surface area contributed by atoms with E-state index in [0.717, 1.165) is 0 Å². The lowest BCUT2D eigenvalue weighted by Gasteiger charge is -2.16. The fourth-order valence-electron chi connectivity index (χ4n) is 1.82. The average Bonchev–Trinajstić information content (AvgIpc) is 2.41. The molecule has 0 aliphatic carbocycles. The molecule has 0 bridgehead atoms. The van der Waals surface area contributed by atoms with Crippen molar-refractivity contribution < 1.29 is 9.13 Å². The van der Waals surface area contributed by atoms with Crippen LogP contribution in [-0.2, 0) is 0 Å². The van der Waals surface area contributed by atoms with Crippen molar-refractivity contribution in [2.45, 2.75) is 13.0 Å². The Hall–Kier alpha value is -2.30. The molecule has 1 heterocycles. The van der Waals surface area contributed by atoms with Crippen molar-refractivity contribution in [3.05, 3.63) is 47.8 Å². The second-order valence-electron chi connectivity index (χ2n) is 4.18. The number of hydrogen-bond donors (Lipinski definition) is 2. The van der Waals surface area contributed by atoms with Gasteiger partial charge in [0.25, 0.3) is 0 Å². The van der Waals surface area contributed by atoms with Crippen LogP contribution in [0.15, 0.2) is 36.4 Å². The summed E-state index contributed by atoms with van der Waals surface area (Å²) in [5.74, 6) is 0.692. The first kappa shape index (κ1) is 13.1. The van der Waals surface area contributed by atoms with E-state index < -0.39 is 0 Å². The van der Waals surface area contributed by atoms with E-state index >= 15 is 0 Å². The SMILES string of the molecule is COc1nc(NC(C)c2ccccc2F)ccc1N. The molecule has 1 aromatic heterocycles. The minimum atomic E-state index is -0.245. The van der Waals surface area contributed by atoms with Gasteiger partial charge in [-0.15, -0.1) is 0 Å². The number of nitrogens with one attached hydrogen (secondary N) is 1. The zero-order valence-electron chi connectivity index (χ0n) is 10.9. The fraction of sp³-hybridized carbons (Fsp3) is 0.214. The van der Waals surface area contributed by atoms with E-state index in [1.807, 2.05) is 6.92 Å². The molecular formula is C14H16FN3O. The Morgan fingerprint density at radius 2 is 2.00 bits per heavy atom. The van der Waals surface area contributed by atoms with Crippen LogP contribution in [0.25, 0.3) is 0 Å². The van der Waals surface area contributed by atoms with E-state index in [1.165, 1.54) is 13.2 Å². The number of benzene rings is 1. The second-order valence-corrected chi connectivity index (χ2v) is 4.18. The summed E-state index contributed by atoms with van der Waals surface area (Å²) in [7, 11) is 1.50. The molecule has 0 fully saturated rings. The van der Waals surface area contributed by atoms with Crippen molar-refractivity contribution in [2.24, 2.45) is 0 Å². The maximum absolute atomic E-state index is 13.6. The molecule has 5 heteroatoms. The smallest absolute Gasteiger partial charge is 0.238 e. The van der Waals surface area contributed by atoms with Gasteiger partial charge in [0.15, 0.2) is 0 Å². The maximum Gasteiger partial charge on any atom is 0.238 e. The van der Waals surface area contributed by atoms with Crippen LogP contribution in [-0.4, -0.2) is 12.1 Å². The Balaban J connectivity index is 2.19. The van der Waals surface area contributed by atoms with Crippen LogP contribution in [0.1, 0.15) is 18.5 Å². The van der Waals surface area contributed by atoms with Gasteiger partial charge >= 0.3 is 0 Å². The molecule has 2 rings (SSSR count). The van der Waals surface area contributed by atoms with Crippen LogP contribution >= 0.6 is 0 Å². The van der Waals surface area contributed by atoms with E-state index in [4.69, 9.17) is 10.5 Å². The topological polar surface area (TPSA) is 60.2 Å². The molecule has 1 unspecified atom stereocenters. The summed E-state index contributed by atoms with van der Waals surface area (Å²) in [6.07, 6.45) is 0. The number of ether oxygens (including phenoxy) is 1. The van der Waals surface area contributed by atoms with Gasteiger partial charge in [-0.2, -0.15) is 4.98 Å². The molecule has 0 saturated heterocycles. The molecule has 0 aliphatic heterocycles. The molecule has 1 atom stereocenters. The van der Waals surface area contributed by atoms with Crippen molar-refractivity contribution in [3.63, 3.8) is 0 Å². The van der Waals surface area contributed by atoms with Crippen LogP contribution in [0.2, 0.25) is 0 Å². The molecule has 19 heavy (non-hydrogen) atoms. The Morgan fingerprint density at radius 1 is 1.26 bits per heavy atom. The molecule has 2 aromatic rings. The predicted octanol–water partition coefficient (Wildman–Crippen LogP) is 2.98. The number of rotatable bonds is 4. The Bertz CT molecular complexity index is 574. The summed E-state index contributed by atoms with van der Waals surface area (Å²) in [5, 5.41) is 3.11. The zero-order chi connectivity index (χ0) is 13.8. The number of pyridine rings is 1. The maximum atomic E-state index is 13.6. The zero-order valence-corrected chi connectivity index (χ0v) is 10.9. The number of methoxy groups -OCH3 is 1.